The summed E-state index contributed by atoms with van der Waals surface area (Å²) in [4.78, 5) is 26.0. The van der Waals surface area contributed by atoms with Gasteiger partial charge >= 0.3 is 0 Å². The summed E-state index contributed by atoms with van der Waals surface area (Å²) >= 11 is 0. The number of benzene rings is 1. The van der Waals surface area contributed by atoms with Gasteiger partial charge in [0.25, 0.3) is 5.91 Å². The molecule has 2 amide bonds. The van der Waals surface area contributed by atoms with Gasteiger partial charge < -0.3 is 19.7 Å². The fourth-order valence-electron chi connectivity index (χ4n) is 2.31. The first-order valence-electron chi connectivity index (χ1n) is 7.61. The molecular weight excluding hydrogens is 284 g/mol. The number of amides is 2. The van der Waals surface area contributed by atoms with E-state index in [1.807, 2.05) is 13.8 Å². The predicted octanol–water partition coefficient (Wildman–Crippen LogP) is 1.79. The van der Waals surface area contributed by atoms with Gasteiger partial charge in [-0.25, -0.2) is 0 Å². The molecule has 0 saturated carbocycles. The maximum Gasteiger partial charge on any atom is 0.251 e. The number of nitrogens with one attached hydrogen (secondary N) is 1. The van der Waals surface area contributed by atoms with Crippen LogP contribution in [0.4, 0.5) is 0 Å². The van der Waals surface area contributed by atoms with Crippen molar-refractivity contribution in [2.24, 2.45) is 0 Å². The fraction of sp³-hybridized carbons (Fsp3) is 0.500. The van der Waals surface area contributed by atoms with Crippen LogP contribution in [0.3, 0.4) is 0 Å². The predicted molar refractivity (Wildman–Crippen MR) is 82.1 cm³/mol. The average Bonchev–Trinajstić information content (AvgIpc) is 2.99. The van der Waals surface area contributed by atoms with Gasteiger partial charge in [0.2, 0.25) is 12.7 Å². The third-order valence-corrected chi connectivity index (χ3v) is 3.37. The Balaban J connectivity index is 1.90. The molecule has 2 rings (SSSR count). The molecule has 1 aromatic rings. The van der Waals surface area contributed by atoms with Crippen molar-refractivity contribution in [3.8, 4) is 11.5 Å². The van der Waals surface area contributed by atoms with Crippen LogP contribution in [-0.4, -0.2) is 43.1 Å². The molecule has 0 radical (unpaired) electrons. The number of rotatable bonds is 7. The monoisotopic (exact) mass is 306 g/mol. The minimum absolute atomic E-state index is 0.00722. The van der Waals surface area contributed by atoms with Gasteiger partial charge in [0.05, 0.1) is 6.54 Å². The summed E-state index contributed by atoms with van der Waals surface area (Å²) in [7, 11) is 0. The third kappa shape index (κ3) is 3.90. The van der Waals surface area contributed by atoms with E-state index in [1.165, 1.54) is 0 Å². The zero-order valence-corrected chi connectivity index (χ0v) is 13.1. The number of ether oxygens (including phenoxy) is 2. The van der Waals surface area contributed by atoms with Crippen LogP contribution < -0.4 is 14.8 Å². The van der Waals surface area contributed by atoms with Crippen LogP contribution in [-0.2, 0) is 4.79 Å². The van der Waals surface area contributed by atoms with Gasteiger partial charge in [0.15, 0.2) is 11.5 Å². The minimum Gasteiger partial charge on any atom is -0.454 e. The van der Waals surface area contributed by atoms with Crippen molar-refractivity contribution in [2.75, 3.05) is 26.4 Å². The molecule has 6 nitrogen and oxygen atoms in total. The van der Waals surface area contributed by atoms with E-state index in [0.717, 1.165) is 12.8 Å². The molecule has 120 valence electrons. The first-order chi connectivity index (χ1) is 10.7. The van der Waals surface area contributed by atoms with E-state index in [0.29, 0.717) is 30.2 Å². The van der Waals surface area contributed by atoms with E-state index in [2.05, 4.69) is 5.32 Å². The molecule has 1 aliphatic heterocycles. The van der Waals surface area contributed by atoms with Gasteiger partial charge in [0, 0.05) is 18.7 Å². The molecule has 0 fully saturated rings. The van der Waals surface area contributed by atoms with E-state index in [9.17, 15) is 9.59 Å². The van der Waals surface area contributed by atoms with Gasteiger partial charge in [0.1, 0.15) is 0 Å². The molecule has 22 heavy (non-hydrogen) atoms. The zero-order valence-electron chi connectivity index (χ0n) is 13.1. The van der Waals surface area contributed by atoms with E-state index >= 15 is 0 Å². The van der Waals surface area contributed by atoms with Crippen molar-refractivity contribution in [1.82, 2.24) is 10.2 Å². The molecule has 0 aromatic heterocycles. The van der Waals surface area contributed by atoms with E-state index < -0.39 is 0 Å². The van der Waals surface area contributed by atoms with E-state index in [4.69, 9.17) is 9.47 Å². The molecule has 0 spiro atoms. The Morgan fingerprint density at radius 3 is 2.50 bits per heavy atom. The number of hydrogen-bond donors (Lipinski definition) is 1. The lowest BCUT2D eigenvalue weighted by molar-refractivity contribution is -0.130. The van der Waals surface area contributed by atoms with Crippen LogP contribution in [0, 0.1) is 0 Å². The largest absolute Gasteiger partial charge is 0.454 e. The summed E-state index contributed by atoms with van der Waals surface area (Å²) in [5.74, 6) is 0.833. The Morgan fingerprint density at radius 1 is 1.14 bits per heavy atom. The maximum atomic E-state index is 12.1. The van der Waals surface area contributed by atoms with Crippen LogP contribution in [0.5, 0.6) is 11.5 Å². The Morgan fingerprint density at radius 2 is 1.82 bits per heavy atom. The quantitative estimate of drug-likeness (QED) is 0.834. The van der Waals surface area contributed by atoms with Gasteiger partial charge in [-0.05, 0) is 31.0 Å². The standard InChI is InChI=1S/C16H22N2O4/c1-3-7-18(8-4-2)15(19)10-17-16(20)12-5-6-13-14(9-12)22-11-21-13/h5-6,9H,3-4,7-8,10-11H2,1-2H3,(H,17,20). The van der Waals surface area contributed by atoms with Gasteiger partial charge in [-0.1, -0.05) is 13.8 Å². The highest BCUT2D eigenvalue weighted by molar-refractivity contribution is 5.97. The fourth-order valence-corrected chi connectivity index (χ4v) is 2.31. The first-order valence-corrected chi connectivity index (χ1v) is 7.61. The second kappa shape index (κ2) is 7.68. The number of carbonyl (C=O) groups excluding carboxylic acids is 2. The molecule has 1 aliphatic rings. The molecule has 1 aromatic carbocycles. The van der Waals surface area contributed by atoms with Crippen molar-refractivity contribution in [2.45, 2.75) is 26.7 Å². The summed E-state index contributed by atoms with van der Waals surface area (Å²) in [6, 6.07) is 4.97. The number of carbonyl (C=O) groups is 2. The Bertz CT molecular complexity index is 539. The smallest absolute Gasteiger partial charge is 0.251 e. The van der Waals surface area contributed by atoms with Crippen LogP contribution in [0.1, 0.15) is 37.0 Å². The molecule has 1 heterocycles. The zero-order chi connectivity index (χ0) is 15.9. The van der Waals surface area contributed by atoms with Crippen molar-refractivity contribution in [3.63, 3.8) is 0 Å². The molecule has 0 saturated heterocycles. The lowest BCUT2D eigenvalue weighted by Crippen LogP contribution is -2.40. The maximum absolute atomic E-state index is 12.1. The molecule has 1 N–H and O–H groups in total. The highest BCUT2D eigenvalue weighted by Crippen LogP contribution is 2.32. The van der Waals surface area contributed by atoms with E-state index in [-0.39, 0.29) is 25.2 Å². The number of nitrogens with zero attached hydrogens (tertiary/aromatic N) is 1. The van der Waals surface area contributed by atoms with Crippen LogP contribution in [0.25, 0.3) is 0 Å². The van der Waals surface area contributed by atoms with Gasteiger partial charge in [-0.15, -0.1) is 0 Å². The Labute approximate surface area is 130 Å². The van der Waals surface area contributed by atoms with E-state index in [1.54, 1.807) is 23.1 Å². The van der Waals surface area contributed by atoms with Crippen molar-refractivity contribution in [1.29, 1.82) is 0 Å². The Hall–Kier alpha value is -2.24. The van der Waals surface area contributed by atoms with Crippen LogP contribution in [0.2, 0.25) is 0 Å². The SMILES string of the molecule is CCCN(CCC)C(=O)CNC(=O)c1ccc2c(c1)OCO2. The average molecular weight is 306 g/mol. The van der Waals surface area contributed by atoms with Gasteiger partial charge in [-0.2, -0.15) is 0 Å². The number of fused-ring (bicyclic) bond motifs is 1. The van der Waals surface area contributed by atoms with Crippen molar-refractivity contribution < 1.29 is 19.1 Å². The highest BCUT2D eigenvalue weighted by Gasteiger charge is 2.17. The summed E-state index contributed by atoms with van der Waals surface area (Å²) in [6.07, 6.45) is 1.81. The van der Waals surface area contributed by atoms with Crippen LogP contribution in [0.15, 0.2) is 18.2 Å². The molecular formula is C16H22N2O4. The Kier molecular flexibility index (Phi) is 5.63. The molecule has 0 bridgehead atoms. The normalized spacial score (nSPS) is 12.1. The van der Waals surface area contributed by atoms with Crippen LogP contribution >= 0.6 is 0 Å². The number of hydrogen-bond acceptors (Lipinski definition) is 4. The van der Waals surface area contributed by atoms with Crippen molar-refractivity contribution in [3.05, 3.63) is 23.8 Å². The highest BCUT2D eigenvalue weighted by atomic mass is 16.7. The summed E-state index contributed by atoms with van der Waals surface area (Å²) in [5, 5.41) is 2.66. The second-order valence-electron chi connectivity index (χ2n) is 5.13. The lowest BCUT2D eigenvalue weighted by Gasteiger charge is -2.21. The topological polar surface area (TPSA) is 67.9 Å². The summed E-state index contributed by atoms with van der Waals surface area (Å²) in [5.41, 5.74) is 0.453. The first kappa shape index (κ1) is 16.1. The molecule has 0 aliphatic carbocycles. The summed E-state index contributed by atoms with van der Waals surface area (Å²) in [6.45, 7) is 5.66. The lowest BCUT2D eigenvalue weighted by atomic mass is 10.2. The molecule has 6 heteroatoms. The molecule has 0 atom stereocenters. The second-order valence-corrected chi connectivity index (χ2v) is 5.13. The molecule has 0 unspecified atom stereocenters. The van der Waals surface area contributed by atoms with Crippen molar-refractivity contribution >= 4 is 11.8 Å². The minimum atomic E-state index is -0.292. The summed E-state index contributed by atoms with van der Waals surface area (Å²) < 4.78 is 10.4. The third-order valence-electron chi connectivity index (χ3n) is 3.37. The van der Waals surface area contributed by atoms with Gasteiger partial charge in [-0.3, -0.25) is 9.59 Å².